The molecular weight excluding hydrogens is 156 g/mol. The van der Waals surface area contributed by atoms with Crippen LogP contribution >= 0.6 is 11.6 Å². The van der Waals surface area contributed by atoms with Gasteiger partial charge in [0.2, 0.25) is 0 Å². The zero-order valence-electron chi connectivity index (χ0n) is 7.82. The van der Waals surface area contributed by atoms with Crippen LogP contribution in [0.15, 0.2) is 35.4 Å². The first-order chi connectivity index (χ1) is 5.16. The lowest BCUT2D eigenvalue weighted by Gasteiger charge is -1.83. The molecule has 0 N–H and O–H groups in total. The van der Waals surface area contributed by atoms with E-state index in [0.29, 0.717) is 5.03 Å². The highest BCUT2D eigenvalue weighted by Crippen LogP contribution is 2.02. The molecule has 0 heterocycles. The molecular formula is C10H17Cl. The molecule has 0 saturated carbocycles. The van der Waals surface area contributed by atoms with Crippen molar-refractivity contribution in [3.8, 4) is 0 Å². The lowest BCUT2D eigenvalue weighted by atomic mass is 10.3. The molecule has 0 fully saturated rings. The van der Waals surface area contributed by atoms with E-state index in [9.17, 15) is 0 Å². The van der Waals surface area contributed by atoms with Crippen molar-refractivity contribution < 1.29 is 0 Å². The Balaban J connectivity index is 0. The van der Waals surface area contributed by atoms with Gasteiger partial charge in [0, 0.05) is 5.03 Å². The van der Waals surface area contributed by atoms with Crippen LogP contribution in [0.3, 0.4) is 0 Å². The smallest absolute Gasteiger partial charge is 0.0400 e. The summed E-state index contributed by atoms with van der Waals surface area (Å²) in [5.41, 5.74) is 1.23. The second-order valence-electron chi connectivity index (χ2n) is 2.00. The largest absolute Gasteiger partial charge is 0.0976 e. The highest BCUT2D eigenvalue weighted by Gasteiger charge is 1.77. The minimum absolute atomic E-state index is 0.677. The summed E-state index contributed by atoms with van der Waals surface area (Å²) < 4.78 is 0. The summed E-state index contributed by atoms with van der Waals surface area (Å²) in [6, 6.07) is 0. The number of rotatable bonds is 2. The number of halogens is 1. The molecule has 0 nitrogen and oxygen atoms in total. The molecule has 0 aromatic carbocycles. The minimum atomic E-state index is 0.677. The third-order valence-electron chi connectivity index (χ3n) is 0.771. The topological polar surface area (TPSA) is 0 Å². The van der Waals surface area contributed by atoms with E-state index in [1.54, 1.807) is 6.08 Å². The molecule has 0 aliphatic carbocycles. The van der Waals surface area contributed by atoms with Crippen LogP contribution in [0.4, 0.5) is 0 Å². The van der Waals surface area contributed by atoms with Crippen LogP contribution in [0.5, 0.6) is 0 Å². The van der Waals surface area contributed by atoms with Crippen LogP contribution in [0.1, 0.15) is 27.7 Å². The van der Waals surface area contributed by atoms with E-state index in [2.05, 4.69) is 6.58 Å². The summed E-state index contributed by atoms with van der Waals surface area (Å²) in [4.78, 5) is 0. The lowest BCUT2D eigenvalue weighted by Crippen LogP contribution is -1.61. The summed E-state index contributed by atoms with van der Waals surface area (Å²) in [6.45, 7) is 11.5. The van der Waals surface area contributed by atoms with E-state index in [1.165, 1.54) is 5.57 Å². The van der Waals surface area contributed by atoms with Crippen LogP contribution in [0.25, 0.3) is 0 Å². The first-order valence-electron chi connectivity index (χ1n) is 3.80. The molecule has 64 valence electrons. The highest BCUT2D eigenvalue weighted by atomic mass is 35.5. The first kappa shape index (κ1) is 13.1. The van der Waals surface area contributed by atoms with Gasteiger partial charge in [-0.2, -0.15) is 0 Å². The van der Waals surface area contributed by atoms with Gasteiger partial charge in [0.25, 0.3) is 0 Å². The molecule has 0 atom stereocenters. The maximum absolute atomic E-state index is 5.61. The summed E-state index contributed by atoms with van der Waals surface area (Å²) in [5, 5.41) is 0.677. The molecule has 11 heavy (non-hydrogen) atoms. The van der Waals surface area contributed by atoms with Gasteiger partial charge in [-0.15, -0.1) is 0 Å². The fraction of sp³-hybridized carbons (Fsp3) is 0.400. The van der Waals surface area contributed by atoms with Crippen LogP contribution in [-0.2, 0) is 0 Å². The second kappa shape index (κ2) is 9.51. The fourth-order valence-electron chi connectivity index (χ4n) is 0.314. The normalized spacial score (nSPS) is 9.36. The lowest BCUT2D eigenvalue weighted by molar-refractivity contribution is 1.39. The quantitative estimate of drug-likeness (QED) is 0.546. The first-order valence-corrected chi connectivity index (χ1v) is 4.17. The van der Waals surface area contributed by atoms with Gasteiger partial charge in [-0.25, -0.2) is 0 Å². The molecule has 0 rings (SSSR count). The Kier molecular flexibility index (Phi) is 11.3. The van der Waals surface area contributed by atoms with Crippen molar-refractivity contribution >= 4 is 11.6 Å². The molecule has 0 aliphatic rings. The van der Waals surface area contributed by atoms with Crippen molar-refractivity contribution in [3.63, 3.8) is 0 Å². The molecule has 0 radical (unpaired) electrons. The van der Waals surface area contributed by atoms with Crippen LogP contribution in [0, 0.1) is 0 Å². The maximum Gasteiger partial charge on any atom is 0.0400 e. The predicted molar refractivity (Wildman–Crippen MR) is 54.9 cm³/mol. The van der Waals surface area contributed by atoms with Crippen molar-refractivity contribution in [3.05, 3.63) is 35.4 Å². The van der Waals surface area contributed by atoms with E-state index in [0.717, 1.165) is 0 Å². The van der Waals surface area contributed by atoms with Gasteiger partial charge in [-0.05, 0) is 19.9 Å². The van der Waals surface area contributed by atoms with Crippen LogP contribution < -0.4 is 0 Å². The van der Waals surface area contributed by atoms with Crippen molar-refractivity contribution in [2.75, 3.05) is 0 Å². The standard InChI is InChI=1S/C8H11Cl.C2H6/c1-4-8(9)6-5-7(2)3;1-2/h4-6H,1H2,2-3H3;1-2H3/b8-6+;. The van der Waals surface area contributed by atoms with E-state index in [4.69, 9.17) is 11.6 Å². The number of hydrogen-bond acceptors (Lipinski definition) is 0. The highest BCUT2D eigenvalue weighted by molar-refractivity contribution is 6.31. The zero-order chi connectivity index (χ0) is 9.28. The Labute approximate surface area is 75.3 Å². The van der Waals surface area contributed by atoms with Gasteiger partial charge < -0.3 is 0 Å². The molecule has 0 unspecified atom stereocenters. The molecule has 0 aromatic heterocycles. The fourth-order valence-corrected chi connectivity index (χ4v) is 0.377. The molecule has 0 aliphatic heterocycles. The van der Waals surface area contributed by atoms with Crippen LogP contribution in [-0.4, -0.2) is 0 Å². The van der Waals surface area contributed by atoms with Crippen molar-refractivity contribution in [2.24, 2.45) is 0 Å². The maximum atomic E-state index is 5.61. The molecule has 0 spiro atoms. The van der Waals surface area contributed by atoms with Crippen molar-refractivity contribution in [1.82, 2.24) is 0 Å². The third kappa shape index (κ3) is 12.7. The molecule has 1 heteroatoms. The molecule has 0 bridgehead atoms. The molecule has 0 saturated heterocycles. The average molecular weight is 173 g/mol. The minimum Gasteiger partial charge on any atom is -0.0976 e. The van der Waals surface area contributed by atoms with E-state index < -0.39 is 0 Å². The SMILES string of the molecule is C=C/C(Cl)=C\C=C(C)C.CC. The third-order valence-corrected chi connectivity index (χ3v) is 1.05. The van der Waals surface area contributed by atoms with Crippen molar-refractivity contribution in [2.45, 2.75) is 27.7 Å². The average Bonchev–Trinajstić information content (AvgIpc) is 2.04. The Morgan fingerprint density at radius 2 is 1.64 bits per heavy atom. The number of hydrogen-bond donors (Lipinski definition) is 0. The van der Waals surface area contributed by atoms with Gasteiger partial charge in [0.1, 0.15) is 0 Å². The number of allylic oxidation sites excluding steroid dienone is 5. The Hall–Kier alpha value is -0.490. The predicted octanol–water partition coefficient (Wildman–Crippen LogP) is 4.29. The van der Waals surface area contributed by atoms with E-state index in [1.807, 2.05) is 39.8 Å². The van der Waals surface area contributed by atoms with E-state index in [-0.39, 0.29) is 0 Å². The van der Waals surface area contributed by atoms with E-state index >= 15 is 0 Å². The van der Waals surface area contributed by atoms with Gasteiger partial charge in [-0.1, -0.05) is 49.8 Å². The Morgan fingerprint density at radius 1 is 1.18 bits per heavy atom. The summed E-state index contributed by atoms with van der Waals surface area (Å²) in [5.74, 6) is 0. The Morgan fingerprint density at radius 3 is 1.91 bits per heavy atom. The van der Waals surface area contributed by atoms with Crippen LogP contribution in [0.2, 0.25) is 0 Å². The van der Waals surface area contributed by atoms with Gasteiger partial charge in [-0.3, -0.25) is 0 Å². The second-order valence-corrected chi connectivity index (χ2v) is 2.44. The Bertz CT molecular complexity index is 148. The monoisotopic (exact) mass is 172 g/mol. The molecule has 0 aromatic rings. The molecule has 0 amide bonds. The summed E-state index contributed by atoms with van der Waals surface area (Å²) in [6.07, 6.45) is 5.38. The summed E-state index contributed by atoms with van der Waals surface area (Å²) >= 11 is 5.61. The summed E-state index contributed by atoms with van der Waals surface area (Å²) in [7, 11) is 0. The zero-order valence-corrected chi connectivity index (χ0v) is 8.57. The van der Waals surface area contributed by atoms with Gasteiger partial charge in [0.15, 0.2) is 0 Å². The van der Waals surface area contributed by atoms with Gasteiger partial charge in [0.05, 0.1) is 0 Å². The van der Waals surface area contributed by atoms with Gasteiger partial charge >= 0.3 is 0 Å². The van der Waals surface area contributed by atoms with Crippen molar-refractivity contribution in [1.29, 1.82) is 0 Å².